The molecule has 0 saturated carbocycles. The van der Waals surface area contributed by atoms with Gasteiger partial charge in [0.25, 0.3) is 0 Å². The van der Waals surface area contributed by atoms with Crippen molar-refractivity contribution < 1.29 is 0 Å². The normalized spacial score (nSPS) is 20.3. The molecule has 2 rings (SSSR count). The predicted molar refractivity (Wildman–Crippen MR) is 65.0 cm³/mol. The summed E-state index contributed by atoms with van der Waals surface area (Å²) >= 11 is 0. The molecule has 0 bridgehead atoms. The van der Waals surface area contributed by atoms with Crippen molar-refractivity contribution in [2.24, 2.45) is 11.7 Å². The van der Waals surface area contributed by atoms with E-state index in [1.807, 2.05) is 0 Å². The number of nitrogens with zero attached hydrogens (tertiary/aromatic N) is 1. The van der Waals surface area contributed by atoms with Crippen LogP contribution in [-0.2, 0) is 0 Å². The average Bonchev–Trinajstić information content (AvgIpc) is 2.30. The van der Waals surface area contributed by atoms with Gasteiger partial charge in [-0.2, -0.15) is 0 Å². The van der Waals surface area contributed by atoms with E-state index in [0.717, 1.165) is 13.1 Å². The largest absolute Gasteiger partial charge is 0.372 e. The van der Waals surface area contributed by atoms with Gasteiger partial charge in [-0.3, -0.25) is 0 Å². The maximum absolute atomic E-state index is 5.93. The quantitative estimate of drug-likeness (QED) is 0.800. The average molecular weight is 204 g/mol. The van der Waals surface area contributed by atoms with Gasteiger partial charge < -0.3 is 10.6 Å². The molecule has 1 aliphatic heterocycles. The third-order valence-corrected chi connectivity index (χ3v) is 3.40. The van der Waals surface area contributed by atoms with Crippen molar-refractivity contribution in [3.05, 3.63) is 30.3 Å². The molecule has 1 saturated heterocycles. The van der Waals surface area contributed by atoms with E-state index in [2.05, 4.69) is 42.2 Å². The highest BCUT2D eigenvalue weighted by Gasteiger charge is 2.21. The Morgan fingerprint density at radius 1 is 1.20 bits per heavy atom. The Morgan fingerprint density at radius 2 is 1.80 bits per heavy atom. The molecular formula is C13H20N2. The van der Waals surface area contributed by atoms with Gasteiger partial charge in [-0.15, -0.1) is 0 Å². The standard InChI is InChI=1S/C13H20N2/c1-11(14)12-7-9-15(10-8-12)13-5-3-2-4-6-13/h2-6,11-12H,7-10,14H2,1H3. The van der Waals surface area contributed by atoms with Crippen LogP contribution in [0.25, 0.3) is 0 Å². The zero-order valence-electron chi connectivity index (χ0n) is 9.39. The summed E-state index contributed by atoms with van der Waals surface area (Å²) in [6.07, 6.45) is 2.46. The first-order valence-electron chi connectivity index (χ1n) is 5.83. The van der Waals surface area contributed by atoms with Crippen molar-refractivity contribution in [2.75, 3.05) is 18.0 Å². The van der Waals surface area contributed by atoms with Crippen LogP contribution in [0.15, 0.2) is 30.3 Å². The second-order valence-electron chi connectivity index (χ2n) is 4.52. The van der Waals surface area contributed by atoms with Gasteiger partial charge in [0.15, 0.2) is 0 Å². The molecule has 1 unspecified atom stereocenters. The van der Waals surface area contributed by atoms with Gasteiger partial charge >= 0.3 is 0 Å². The summed E-state index contributed by atoms with van der Waals surface area (Å²) in [5.41, 5.74) is 7.28. The van der Waals surface area contributed by atoms with E-state index in [1.54, 1.807) is 0 Å². The van der Waals surface area contributed by atoms with E-state index in [0.29, 0.717) is 12.0 Å². The van der Waals surface area contributed by atoms with Crippen LogP contribution < -0.4 is 10.6 Å². The molecular weight excluding hydrogens is 184 g/mol. The highest BCUT2D eigenvalue weighted by Crippen LogP contribution is 2.24. The molecule has 1 aliphatic rings. The van der Waals surface area contributed by atoms with Crippen LogP contribution in [0.5, 0.6) is 0 Å². The van der Waals surface area contributed by atoms with Crippen molar-refractivity contribution in [1.29, 1.82) is 0 Å². The van der Waals surface area contributed by atoms with E-state index >= 15 is 0 Å². The molecule has 1 aromatic carbocycles. The molecule has 82 valence electrons. The molecule has 2 nitrogen and oxygen atoms in total. The monoisotopic (exact) mass is 204 g/mol. The molecule has 1 fully saturated rings. The minimum atomic E-state index is 0.350. The Balaban J connectivity index is 1.94. The molecule has 0 radical (unpaired) electrons. The smallest absolute Gasteiger partial charge is 0.0366 e. The lowest BCUT2D eigenvalue weighted by molar-refractivity contribution is 0.354. The van der Waals surface area contributed by atoms with E-state index in [4.69, 9.17) is 5.73 Å². The van der Waals surface area contributed by atoms with Gasteiger partial charge in [-0.05, 0) is 37.8 Å². The Bertz CT molecular complexity index is 287. The summed E-state index contributed by atoms with van der Waals surface area (Å²) in [5, 5.41) is 0. The van der Waals surface area contributed by atoms with E-state index < -0.39 is 0 Å². The van der Waals surface area contributed by atoms with Crippen LogP contribution >= 0.6 is 0 Å². The van der Waals surface area contributed by atoms with Crippen molar-refractivity contribution in [3.63, 3.8) is 0 Å². The lowest BCUT2D eigenvalue weighted by atomic mass is 9.91. The molecule has 1 heterocycles. The molecule has 1 aromatic rings. The molecule has 15 heavy (non-hydrogen) atoms. The van der Waals surface area contributed by atoms with Gasteiger partial charge in [-0.1, -0.05) is 18.2 Å². The number of benzene rings is 1. The summed E-state index contributed by atoms with van der Waals surface area (Å²) in [7, 11) is 0. The minimum Gasteiger partial charge on any atom is -0.372 e. The lowest BCUT2D eigenvalue weighted by Crippen LogP contribution is -2.39. The number of hydrogen-bond donors (Lipinski definition) is 1. The number of nitrogens with two attached hydrogens (primary N) is 1. The Hall–Kier alpha value is -1.02. The first kappa shape index (κ1) is 10.5. The maximum Gasteiger partial charge on any atom is 0.0366 e. The zero-order valence-corrected chi connectivity index (χ0v) is 9.39. The summed E-state index contributed by atoms with van der Waals surface area (Å²) < 4.78 is 0. The topological polar surface area (TPSA) is 29.3 Å². The fourth-order valence-electron chi connectivity index (χ4n) is 2.32. The summed E-state index contributed by atoms with van der Waals surface area (Å²) in [4.78, 5) is 2.46. The predicted octanol–water partition coefficient (Wildman–Crippen LogP) is 2.25. The Morgan fingerprint density at radius 3 is 2.33 bits per heavy atom. The zero-order chi connectivity index (χ0) is 10.7. The SMILES string of the molecule is CC(N)C1CCN(c2ccccc2)CC1. The van der Waals surface area contributed by atoms with Crippen molar-refractivity contribution >= 4 is 5.69 Å². The minimum absolute atomic E-state index is 0.350. The molecule has 0 amide bonds. The van der Waals surface area contributed by atoms with E-state index in [9.17, 15) is 0 Å². The second kappa shape index (κ2) is 4.67. The lowest BCUT2D eigenvalue weighted by Gasteiger charge is -2.35. The molecule has 0 aliphatic carbocycles. The fourth-order valence-corrected chi connectivity index (χ4v) is 2.32. The molecule has 0 aromatic heterocycles. The highest BCUT2D eigenvalue weighted by molar-refractivity contribution is 5.46. The molecule has 1 atom stereocenters. The third kappa shape index (κ3) is 2.51. The van der Waals surface area contributed by atoms with Crippen LogP contribution in [0.3, 0.4) is 0 Å². The first-order chi connectivity index (χ1) is 7.27. The maximum atomic E-state index is 5.93. The molecule has 2 N–H and O–H groups in total. The van der Waals surface area contributed by atoms with Crippen LogP contribution in [0.1, 0.15) is 19.8 Å². The van der Waals surface area contributed by atoms with Crippen LogP contribution in [0, 0.1) is 5.92 Å². The first-order valence-corrected chi connectivity index (χ1v) is 5.83. The number of anilines is 1. The van der Waals surface area contributed by atoms with Gasteiger partial charge in [0.05, 0.1) is 0 Å². The van der Waals surface area contributed by atoms with Crippen LogP contribution in [0.4, 0.5) is 5.69 Å². The molecule has 0 spiro atoms. The van der Waals surface area contributed by atoms with E-state index in [-0.39, 0.29) is 0 Å². The fraction of sp³-hybridized carbons (Fsp3) is 0.538. The molecule has 2 heteroatoms. The van der Waals surface area contributed by atoms with Gasteiger partial charge in [0.2, 0.25) is 0 Å². The second-order valence-corrected chi connectivity index (χ2v) is 4.52. The van der Waals surface area contributed by atoms with Crippen LogP contribution in [-0.4, -0.2) is 19.1 Å². The Labute approximate surface area is 92.1 Å². The summed E-state index contributed by atoms with van der Waals surface area (Å²) in [6.45, 7) is 4.43. The third-order valence-electron chi connectivity index (χ3n) is 3.40. The number of rotatable bonds is 2. The summed E-state index contributed by atoms with van der Waals surface area (Å²) in [5.74, 6) is 0.713. The van der Waals surface area contributed by atoms with Crippen molar-refractivity contribution in [3.8, 4) is 0 Å². The van der Waals surface area contributed by atoms with E-state index in [1.165, 1.54) is 18.5 Å². The van der Waals surface area contributed by atoms with Crippen LogP contribution in [0.2, 0.25) is 0 Å². The number of para-hydroxylation sites is 1. The number of hydrogen-bond acceptors (Lipinski definition) is 2. The van der Waals surface area contributed by atoms with Gasteiger partial charge in [0, 0.05) is 24.8 Å². The number of piperidine rings is 1. The van der Waals surface area contributed by atoms with Crippen molar-refractivity contribution in [2.45, 2.75) is 25.8 Å². The van der Waals surface area contributed by atoms with Gasteiger partial charge in [0.1, 0.15) is 0 Å². The van der Waals surface area contributed by atoms with Crippen molar-refractivity contribution in [1.82, 2.24) is 0 Å². The highest BCUT2D eigenvalue weighted by atomic mass is 15.1. The van der Waals surface area contributed by atoms with Gasteiger partial charge in [-0.25, -0.2) is 0 Å². The Kier molecular flexibility index (Phi) is 3.27. The summed E-state index contributed by atoms with van der Waals surface area (Å²) in [6, 6.07) is 11.0.